The molecule has 0 aliphatic carbocycles. The van der Waals surface area contributed by atoms with E-state index in [1.54, 1.807) is 26.5 Å². The highest BCUT2D eigenvalue weighted by atomic mass is 32.2. The van der Waals surface area contributed by atoms with Crippen LogP contribution in [0.15, 0.2) is 24.5 Å². The van der Waals surface area contributed by atoms with Gasteiger partial charge in [0.1, 0.15) is 0 Å². The summed E-state index contributed by atoms with van der Waals surface area (Å²) in [6.07, 6.45) is 4.71. The summed E-state index contributed by atoms with van der Waals surface area (Å²) >= 11 is 0. The quantitative estimate of drug-likeness (QED) is 0.763. The lowest BCUT2D eigenvalue weighted by molar-refractivity contribution is -0.133. The minimum atomic E-state index is -3.31. The second-order valence-electron chi connectivity index (χ2n) is 6.15. The molecule has 0 bridgehead atoms. The van der Waals surface area contributed by atoms with E-state index in [-0.39, 0.29) is 18.4 Å². The van der Waals surface area contributed by atoms with Crippen LogP contribution in [0, 0.1) is 5.92 Å². The Labute approximate surface area is 137 Å². The number of amides is 1. The van der Waals surface area contributed by atoms with Crippen LogP contribution in [0.4, 0.5) is 0 Å². The molecule has 8 heteroatoms. The molecule has 1 aliphatic heterocycles. The van der Waals surface area contributed by atoms with Crippen molar-refractivity contribution < 1.29 is 13.2 Å². The van der Waals surface area contributed by atoms with Gasteiger partial charge in [0.2, 0.25) is 15.9 Å². The maximum absolute atomic E-state index is 12.4. The molecule has 23 heavy (non-hydrogen) atoms. The van der Waals surface area contributed by atoms with Crippen molar-refractivity contribution in [2.24, 2.45) is 5.92 Å². The van der Waals surface area contributed by atoms with Crippen LogP contribution in [0.2, 0.25) is 0 Å². The molecule has 1 aromatic rings. The number of rotatable bonds is 4. The summed E-state index contributed by atoms with van der Waals surface area (Å²) in [6, 6.07) is 3.85. The van der Waals surface area contributed by atoms with Crippen LogP contribution in [-0.2, 0) is 21.4 Å². The van der Waals surface area contributed by atoms with Crippen LogP contribution >= 0.6 is 0 Å². The van der Waals surface area contributed by atoms with Crippen molar-refractivity contribution in [3.05, 3.63) is 30.1 Å². The van der Waals surface area contributed by atoms with E-state index in [0.29, 0.717) is 26.2 Å². The van der Waals surface area contributed by atoms with Gasteiger partial charge in [-0.3, -0.25) is 14.7 Å². The number of carbonyl (C=O) groups is 1. The van der Waals surface area contributed by atoms with Crippen LogP contribution in [-0.4, -0.2) is 79.9 Å². The maximum atomic E-state index is 12.4. The van der Waals surface area contributed by atoms with Gasteiger partial charge in [-0.2, -0.15) is 0 Å². The fraction of sp³-hybridized carbons (Fsp3) is 0.600. The number of hydrogen-bond donors (Lipinski definition) is 0. The lowest BCUT2D eigenvalue weighted by atomic mass is 10.1. The lowest BCUT2D eigenvalue weighted by Crippen LogP contribution is -2.41. The molecule has 0 N–H and O–H groups in total. The van der Waals surface area contributed by atoms with E-state index < -0.39 is 10.0 Å². The second kappa shape index (κ2) is 7.37. The van der Waals surface area contributed by atoms with E-state index in [2.05, 4.69) is 9.88 Å². The molecule has 2 rings (SSSR count). The fourth-order valence-electron chi connectivity index (χ4n) is 2.77. The zero-order valence-corrected chi connectivity index (χ0v) is 14.7. The fourth-order valence-corrected chi connectivity index (χ4v) is 3.63. The van der Waals surface area contributed by atoms with E-state index in [1.165, 1.54) is 15.5 Å². The van der Waals surface area contributed by atoms with Gasteiger partial charge in [0.15, 0.2) is 0 Å². The number of sulfonamides is 1. The van der Waals surface area contributed by atoms with Crippen LogP contribution < -0.4 is 0 Å². The van der Waals surface area contributed by atoms with Gasteiger partial charge in [-0.15, -0.1) is 0 Å². The highest BCUT2D eigenvalue weighted by Crippen LogP contribution is 2.16. The summed E-state index contributed by atoms with van der Waals surface area (Å²) in [5.74, 6) is -0.407. The van der Waals surface area contributed by atoms with Crippen molar-refractivity contribution in [3.8, 4) is 0 Å². The zero-order valence-electron chi connectivity index (χ0n) is 13.8. The van der Waals surface area contributed by atoms with Crippen molar-refractivity contribution in [2.75, 3.05) is 46.5 Å². The summed E-state index contributed by atoms with van der Waals surface area (Å²) in [4.78, 5) is 20.1. The third kappa shape index (κ3) is 4.98. The monoisotopic (exact) mass is 340 g/mol. The Balaban J connectivity index is 2.17. The molecule has 1 unspecified atom stereocenters. The number of nitrogens with zero attached hydrogens (tertiary/aromatic N) is 4. The van der Waals surface area contributed by atoms with Crippen molar-refractivity contribution in [3.63, 3.8) is 0 Å². The molecule has 0 aromatic carbocycles. The summed E-state index contributed by atoms with van der Waals surface area (Å²) < 4.78 is 25.2. The summed E-state index contributed by atoms with van der Waals surface area (Å²) in [5, 5.41) is 0. The highest BCUT2D eigenvalue weighted by molar-refractivity contribution is 7.88. The van der Waals surface area contributed by atoms with Crippen LogP contribution in [0.5, 0.6) is 0 Å². The topological polar surface area (TPSA) is 73.8 Å². The molecular weight excluding hydrogens is 316 g/mol. The highest BCUT2D eigenvalue weighted by Gasteiger charge is 2.32. The molecular formula is C15H24N4O3S. The van der Waals surface area contributed by atoms with Gasteiger partial charge in [0.05, 0.1) is 12.2 Å². The smallest absolute Gasteiger partial charge is 0.227 e. The Hall–Kier alpha value is -1.51. The molecule has 2 heterocycles. The molecule has 1 amide bonds. The lowest BCUT2D eigenvalue weighted by Gasteiger charge is -2.25. The Morgan fingerprint density at radius 1 is 1.35 bits per heavy atom. The van der Waals surface area contributed by atoms with Crippen LogP contribution in [0.1, 0.15) is 5.56 Å². The third-order valence-electron chi connectivity index (χ3n) is 3.96. The molecule has 128 valence electrons. The van der Waals surface area contributed by atoms with Gasteiger partial charge in [0, 0.05) is 59.2 Å². The number of carbonyl (C=O) groups excluding carboxylic acids is 1. The summed E-state index contributed by atoms with van der Waals surface area (Å²) in [6.45, 7) is 2.43. The Morgan fingerprint density at radius 3 is 2.65 bits per heavy atom. The summed E-state index contributed by atoms with van der Waals surface area (Å²) in [5.41, 5.74) is 1.05. The van der Waals surface area contributed by atoms with Gasteiger partial charge in [0.25, 0.3) is 0 Å². The van der Waals surface area contributed by atoms with Crippen molar-refractivity contribution in [1.29, 1.82) is 0 Å². The Kier molecular flexibility index (Phi) is 5.72. The number of pyridine rings is 1. The first kappa shape index (κ1) is 17.8. The molecule has 1 aromatic heterocycles. The summed E-state index contributed by atoms with van der Waals surface area (Å²) in [7, 11) is 0.0817. The SMILES string of the molecule is CN(C)C(=O)C1CN(Cc2cccnc2)CCN(S(C)(=O)=O)C1. The van der Waals surface area contributed by atoms with Gasteiger partial charge in [-0.05, 0) is 11.6 Å². The second-order valence-corrected chi connectivity index (χ2v) is 8.13. The molecule has 1 saturated heterocycles. The Morgan fingerprint density at radius 2 is 2.09 bits per heavy atom. The molecule has 0 saturated carbocycles. The minimum Gasteiger partial charge on any atom is -0.348 e. The van der Waals surface area contributed by atoms with Crippen LogP contribution in [0.3, 0.4) is 0 Å². The van der Waals surface area contributed by atoms with Gasteiger partial charge in [-0.1, -0.05) is 6.07 Å². The average Bonchev–Trinajstić information content (AvgIpc) is 2.70. The normalized spacial score (nSPS) is 20.9. The van der Waals surface area contributed by atoms with Crippen LogP contribution in [0.25, 0.3) is 0 Å². The molecule has 0 radical (unpaired) electrons. The first-order valence-electron chi connectivity index (χ1n) is 7.55. The molecule has 0 spiro atoms. The van der Waals surface area contributed by atoms with Gasteiger partial charge < -0.3 is 4.90 Å². The van der Waals surface area contributed by atoms with E-state index >= 15 is 0 Å². The number of aromatic nitrogens is 1. The van der Waals surface area contributed by atoms with E-state index in [0.717, 1.165) is 5.56 Å². The van der Waals surface area contributed by atoms with E-state index in [1.807, 2.05) is 12.1 Å². The van der Waals surface area contributed by atoms with Crippen molar-refractivity contribution in [1.82, 2.24) is 19.1 Å². The molecule has 7 nitrogen and oxygen atoms in total. The third-order valence-corrected chi connectivity index (χ3v) is 5.23. The number of hydrogen-bond acceptors (Lipinski definition) is 5. The predicted octanol–water partition coefficient (Wildman–Crippen LogP) is -0.137. The predicted molar refractivity (Wildman–Crippen MR) is 88.1 cm³/mol. The Bertz CT molecular complexity index is 633. The van der Waals surface area contributed by atoms with Gasteiger partial charge in [-0.25, -0.2) is 12.7 Å². The minimum absolute atomic E-state index is 0.0447. The first-order chi connectivity index (χ1) is 10.8. The van der Waals surface area contributed by atoms with Crippen molar-refractivity contribution in [2.45, 2.75) is 6.54 Å². The molecule has 1 aliphatic rings. The van der Waals surface area contributed by atoms with Crippen molar-refractivity contribution >= 4 is 15.9 Å². The zero-order chi connectivity index (χ0) is 17.0. The van der Waals surface area contributed by atoms with E-state index in [4.69, 9.17) is 0 Å². The maximum Gasteiger partial charge on any atom is 0.227 e. The first-order valence-corrected chi connectivity index (χ1v) is 9.39. The molecule has 1 fully saturated rings. The standard InChI is InChI=1S/C15H24N4O3S/c1-17(2)15(20)14-11-18(10-13-5-4-6-16-9-13)7-8-19(12-14)23(3,21)22/h4-6,9,14H,7-8,10-12H2,1-3H3. The molecule has 1 atom stereocenters. The largest absolute Gasteiger partial charge is 0.348 e. The van der Waals surface area contributed by atoms with Gasteiger partial charge >= 0.3 is 0 Å². The van der Waals surface area contributed by atoms with E-state index in [9.17, 15) is 13.2 Å². The average molecular weight is 340 g/mol.